The fraction of sp³-hybridized carbons (Fsp3) is 0.160. The van der Waals surface area contributed by atoms with Crippen molar-refractivity contribution in [3.63, 3.8) is 0 Å². The van der Waals surface area contributed by atoms with Crippen LogP contribution in [0.1, 0.15) is 28.2 Å². The summed E-state index contributed by atoms with van der Waals surface area (Å²) in [4.78, 5) is 22.6. The number of nitrogens with one attached hydrogen (secondary N) is 1. The van der Waals surface area contributed by atoms with E-state index in [0.29, 0.717) is 6.54 Å². The maximum Gasteiger partial charge on any atom is 0.407 e. The number of hydrogen-bond donors (Lipinski definition) is 1. The molecule has 0 fully saturated rings. The van der Waals surface area contributed by atoms with Gasteiger partial charge in [-0.15, -0.1) is 0 Å². The molecular weight excluding hydrogens is 392 g/mol. The van der Waals surface area contributed by atoms with Gasteiger partial charge in [0.15, 0.2) is 0 Å². The molecule has 6 heteroatoms. The summed E-state index contributed by atoms with van der Waals surface area (Å²) < 4.78 is 5.50. The molecule has 0 saturated carbocycles. The largest absolute Gasteiger partial charge is 0.449 e. The maximum atomic E-state index is 12.2. The fourth-order valence-corrected chi connectivity index (χ4v) is 3.94. The number of benzene rings is 3. The second kappa shape index (κ2) is 8.83. The summed E-state index contributed by atoms with van der Waals surface area (Å²) in [6, 6.07) is 21.1. The van der Waals surface area contributed by atoms with Crippen molar-refractivity contribution in [2.75, 3.05) is 13.2 Å². The highest BCUT2D eigenvalue weighted by Gasteiger charge is 2.28. The third-order valence-electron chi connectivity index (χ3n) is 5.47. The van der Waals surface area contributed by atoms with Crippen LogP contribution in [0.5, 0.6) is 0 Å². The molecule has 1 amide bonds. The Balaban J connectivity index is 1.32. The van der Waals surface area contributed by atoms with Crippen molar-refractivity contribution in [1.82, 2.24) is 5.32 Å². The van der Waals surface area contributed by atoms with E-state index in [4.69, 9.17) is 4.74 Å². The second-order valence-corrected chi connectivity index (χ2v) is 7.41. The summed E-state index contributed by atoms with van der Waals surface area (Å²) in [6.07, 6.45) is 3.13. The normalized spacial score (nSPS) is 12.4. The Morgan fingerprint density at radius 3 is 2.32 bits per heavy atom. The lowest BCUT2D eigenvalue weighted by molar-refractivity contribution is -0.384. The molecule has 0 heterocycles. The number of nitrogens with zero attached hydrogens (tertiary/aromatic N) is 1. The molecule has 0 unspecified atom stereocenters. The number of nitro groups is 1. The van der Waals surface area contributed by atoms with Gasteiger partial charge in [0.2, 0.25) is 0 Å². The SMILES string of the molecule is Cc1cc([N+](=O)[O-])ccc1C=CCNC(=O)OCC1c2ccccc2-c2ccccc21. The molecule has 3 aromatic carbocycles. The lowest BCUT2D eigenvalue weighted by Crippen LogP contribution is -2.26. The zero-order valence-corrected chi connectivity index (χ0v) is 17.1. The molecule has 6 nitrogen and oxygen atoms in total. The first-order valence-corrected chi connectivity index (χ1v) is 10.0. The van der Waals surface area contributed by atoms with Gasteiger partial charge < -0.3 is 10.1 Å². The summed E-state index contributed by atoms with van der Waals surface area (Å²) in [5, 5.41) is 13.5. The minimum Gasteiger partial charge on any atom is -0.449 e. The summed E-state index contributed by atoms with van der Waals surface area (Å²) >= 11 is 0. The third kappa shape index (κ3) is 4.33. The Kier molecular flexibility index (Phi) is 5.80. The minimum absolute atomic E-state index is 0.0245. The number of non-ortho nitro benzene ring substituents is 1. The van der Waals surface area contributed by atoms with Gasteiger partial charge in [-0.05, 0) is 46.4 Å². The molecule has 0 aromatic heterocycles. The lowest BCUT2D eigenvalue weighted by Gasteiger charge is -2.14. The topological polar surface area (TPSA) is 81.5 Å². The molecule has 0 bridgehead atoms. The van der Waals surface area contributed by atoms with Crippen LogP contribution in [-0.2, 0) is 4.74 Å². The van der Waals surface area contributed by atoms with E-state index in [9.17, 15) is 14.9 Å². The van der Waals surface area contributed by atoms with Gasteiger partial charge >= 0.3 is 6.09 Å². The van der Waals surface area contributed by atoms with Crippen LogP contribution >= 0.6 is 0 Å². The van der Waals surface area contributed by atoms with Crippen LogP contribution in [0.2, 0.25) is 0 Å². The predicted molar refractivity (Wildman–Crippen MR) is 120 cm³/mol. The van der Waals surface area contributed by atoms with Crippen LogP contribution in [0, 0.1) is 17.0 Å². The summed E-state index contributed by atoms with van der Waals surface area (Å²) in [5.41, 5.74) is 6.44. The third-order valence-corrected chi connectivity index (χ3v) is 5.47. The van der Waals surface area contributed by atoms with Crippen molar-refractivity contribution in [2.24, 2.45) is 0 Å². The quantitative estimate of drug-likeness (QED) is 0.429. The predicted octanol–water partition coefficient (Wildman–Crippen LogP) is 5.46. The Hall–Kier alpha value is -3.93. The van der Waals surface area contributed by atoms with Gasteiger partial charge in [0.25, 0.3) is 5.69 Å². The smallest absolute Gasteiger partial charge is 0.407 e. The van der Waals surface area contributed by atoms with Gasteiger partial charge in [-0.2, -0.15) is 0 Å². The van der Waals surface area contributed by atoms with E-state index in [0.717, 1.165) is 11.1 Å². The van der Waals surface area contributed by atoms with Crippen molar-refractivity contribution >= 4 is 17.9 Å². The zero-order chi connectivity index (χ0) is 21.8. The van der Waals surface area contributed by atoms with E-state index >= 15 is 0 Å². The van der Waals surface area contributed by atoms with Gasteiger partial charge in [-0.25, -0.2) is 4.79 Å². The average molecular weight is 414 g/mol. The van der Waals surface area contributed by atoms with Crippen LogP contribution in [-0.4, -0.2) is 24.2 Å². The van der Waals surface area contributed by atoms with Crippen molar-refractivity contribution in [1.29, 1.82) is 0 Å². The highest BCUT2D eigenvalue weighted by atomic mass is 16.6. The molecule has 31 heavy (non-hydrogen) atoms. The van der Waals surface area contributed by atoms with E-state index in [-0.39, 0.29) is 18.2 Å². The first-order valence-electron chi connectivity index (χ1n) is 10.0. The molecule has 156 valence electrons. The number of amides is 1. The molecule has 0 spiro atoms. The average Bonchev–Trinajstić information content (AvgIpc) is 3.10. The highest BCUT2D eigenvalue weighted by molar-refractivity contribution is 5.79. The molecule has 1 aliphatic rings. The van der Waals surface area contributed by atoms with Crippen LogP contribution in [0.25, 0.3) is 17.2 Å². The van der Waals surface area contributed by atoms with Gasteiger partial charge in [0, 0.05) is 24.6 Å². The molecule has 1 N–H and O–H groups in total. The Morgan fingerprint density at radius 2 is 1.71 bits per heavy atom. The number of rotatable bonds is 6. The van der Waals surface area contributed by atoms with E-state index < -0.39 is 11.0 Å². The molecule has 4 rings (SSSR count). The molecule has 1 aliphatic carbocycles. The van der Waals surface area contributed by atoms with Gasteiger partial charge in [-0.3, -0.25) is 10.1 Å². The van der Waals surface area contributed by atoms with E-state index in [1.54, 1.807) is 12.1 Å². The molecule has 0 radical (unpaired) electrons. The first kappa shape index (κ1) is 20.3. The minimum atomic E-state index is -0.480. The molecular formula is C25H22N2O4. The number of nitro benzene ring substituents is 1. The standard InChI is InChI=1S/C25H22N2O4/c1-17-15-19(27(29)30)13-12-18(17)7-6-14-26-25(28)31-16-24-22-10-4-2-8-20(22)21-9-3-5-11-23(21)24/h2-13,15,24H,14,16H2,1H3,(H,26,28). The van der Waals surface area contributed by atoms with E-state index in [1.807, 2.05) is 37.3 Å². The Bertz CT molecular complexity index is 1120. The number of hydrogen-bond acceptors (Lipinski definition) is 4. The summed E-state index contributed by atoms with van der Waals surface area (Å²) in [7, 11) is 0. The number of carbonyl (C=O) groups excluding carboxylic acids is 1. The maximum absolute atomic E-state index is 12.2. The van der Waals surface area contributed by atoms with Gasteiger partial charge in [0.05, 0.1) is 4.92 Å². The van der Waals surface area contributed by atoms with Crippen molar-refractivity contribution in [3.05, 3.63) is 105 Å². The Labute approximate surface area is 180 Å². The monoisotopic (exact) mass is 414 g/mol. The van der Waals surface area contributed by atoms with Crippen molar-refractivity contribution in [3.8, 4) is 11.1 Å². The molecule has 0 atom stereocenters. The van der Waals surface area contributed by atoms with Crippen molar-refractivity contribution < 1.29 is 14.5 Å². The van der Waals surface area contributed by atoms with Crippen LogP contribution < -0.4 is 5.32 Å². The van der Waals surface area contributed by atoms with E-state index in [1.165, 1.54) is 34.4 Å². The van der Waals surface area contributed by atoms with Crippen molar-refractivity contribution in [2.45, 2.75) is 12.8 Å². The number of ether oxygens (including phenoxy) is 1. The van der Waals surface area contributed by atoms with Crippen LogP contribution in [0.15, 0.2) is 72.8 Å². The molecule has 3 aromatic rings. The number of fused-ring (bicyclic) bond motifs is 3. The molecule has 0 aliphatic heterocycles. The lowest BCUT2D eigenvalue weighted by atomic mass is 9.98. The highest BCUT2D eigenvalue weighted by Crippen LogP contribution is 2.44. The van der Waals surface area contributed by atoms with E-state index in [2.05, 4.69) is 29.6 Å². The number of aryl methyl sites for hydroxylation is 1. The Morgan fingerprint density at radius 1 is 1.06 bits per heavy atom. The van der Waals surface area contributed by atoms with Crippen LogP contribution in [0.4, 0.5) is 10.5 Å². The summed E-state index contributed by atoms with van der Waals surface area (Å²) in [6.45, 7) is 2.38. The summed E-state index contributed by atoms with van der Waals surface area (Å²) in [5.74, 6) is 0.0245. The van der Waals surface area contributed by atoms with Crippen LogP contribution in [0.3, 0.4) is 0 Å². The van der Waals surface area contributed by atoms with Gasteiger partial charge in [0.1, 0.15) is 6.61 Å². The number of alkyl carbamates (subject to hydrolysis) is 1. The second-order valence-electron chi connectivity index (χ2n) is 7.41. The first-order chi connectivity index (χ1) is 15.0. The zero-order valence-electron chi connectivity index (χ0n) is 17.1. The van der Waals surface area contributed by atoms with Gasteiger partial charge in [-0.1, -0.05) is 60.7 Å². The number of carbonyl (C=O) groups is 1. The molecule has 0 saturated heterocycles. The fourth-order valence-electron chi connectivity index (χ4n) is 3.94.